The lowest BCUT2D eigenvalue weighted by atomic mass is 9.80. The highest BCUT2D eigenvalue weighted by Gasteiger charge is 2.40. The number of carbonyl (C=O) groups is 2. The van der Waals surface area contributed by atoms with E-state index in [0.717, 1.165) is 0 Å². The molecule has 0 atom stereocenters. The molecule has 0 unspecified atom stereocenters. The van der Waals surface area contributed by atoms with Crippen molar-refractivity contribution in [3.05, 3.63) is 0 Å². The molecule has 1 heterocycles. The van der Waals surface area contributed by atoms with Crippen LogP contribution in [0.2, 0.25) is 0 Å². The van der Waals surface area contributed by atoms with Crippen molar-refractivity contribution >= 4 is 12.0 Å². The Bertz CT molecular complexity index is 338. The Hall–Kier alpha value is -1.30. The smallest absolute Gasteiger partial charge is 0.317 e. The van der Waals surface area contributed by atoms with Gasteiger partial charge in [0, 0.05) is 32.8 Å². The lowest BCUT2D eigenvalue weighted by Crippen LogP contribution is -2.50. The van der Waals surface area contributed by atoms with E-state index >= 15 is 0 Å². The number of carbonyl (C=O) groups excluding carboxylic acids is 1. The van der Waals surface area contributed by atoms with Crippen molar-refractivity contribution < 1.29 is 19.4 Å². The highest BCUT2D eigenvalue weighted by Crippen LogP contribution is 2.30. The zero-order chi connectivity index (χ0) is 15.2. The predicted octanol–water partition coefficient (Wildman–Crippen LogP) is 1.56. The van der Waals surface area contributed by atoms with Crippen LogP contribution in [0.4, 0.5) is 4.79 Å². The molecule has 0 spiro atoms. The predicted molar refractivity (Wildman–Crippen MR) is 75.6 cm³/mol. The summed E-state index contributed by atoms with van der Waals surface area (Å²) in [5, 5.41) is 12.2. The molecule has 20 heavy (non-hydrogen) atoms. The second-order valence-corrected chi connectivity index (χ2v) is 5.79. The van der Waals surface area contributed by atoms with Gasteiger partial charge in [-0.15, -0.1) is 0 Å². The standard InChI is InChI=1S/C14H26N2O4/c1-4-16(9-11(2)3)13(19)15-10-14(12(17)18)5-7-20-8-6-14/h11H,4-10H2,1-3H3,(H,15,19)(H,17,18). The summed E-state index contributed by atoms with van der Waals surface area (Å²) in [5.41, 5.74) is -0.884. The molecule has 2 N–H and O–H groups in total. The molecule has 0 aliphatic carbocycles. The number of amides is 2. The van der Waals surface area contributed by atoms with E-state index in [-0.39, 0.29) is 12.6 Å². The molecule has 0 aromatic heterocycles. The molecular weight excluding hydrogens is 260 g/mol. The van der Waals surface area contributed by atoms with Crippen molar-refractivity contribution in [3.8, 4) is 0 Å². The van der Waals surface area contributed by atoms with Crippen LogP contribution in [0.15, 0.2) is 0 Å². The maximum Gasteiger partial charge on any atom is 0.317 e. The van der Waals surface area contributed by atoms with Crippen molar-refractivity contribution in [3.63, 3.8) is 0 Å². The number of aliphatic carboxylic acids is 1. The summed E-state index contributed by atoms with van der Waals surface area (Å²) in [7, 11) is 0. The van der Waals surface area contributed by atoms with Crippen LogP contribution in [-0.2, 0) is 9.53 Å². The van der Waals surface area contributed by atoms with Gasteiger partial charge in [-0.2, -0.15) is 0 Å². The Morgan fingerprint density at radius 3 is 2.40 bits per heavy atom. The number of hydrogen-bond donors (Lipinski definition) is 2. The number of nitrogens with one attached hydrogen (secondary N) is 1. The van der Waals surface area contributed by atoms with E-state index in [9.17, 15) is 14.7 Å². The molecule has 1 rings (SSSR count). The first kappa shape index (κ1) is 16.8. The summed E-state index contributed by atoms with van der Waals surface area (Å²) in [4.78, 5) is 25.3. The Morgan fingerprint density at radius 1 is 1.35 bits per heavy atom. The average molecular weight is 286 g/mol. The second-order valence-electron chi connectivity index (χ2n) is 5.79. The molecule has 1 aliphatic rings. The van der Waals surface area contributed by atoms with Gasteiger partial charge in [0.25, 0.3) is 0 Å². The zero-order valence-corrected chi connectivity index (χ0v) is 12.6. The third-order valence-electron chi connectivity index (χ3n) is 3.74. The fraction of sp³-hybridized carbons (Fsp3) is 0.857. The molecule has 0 saturated carbocycles. The number of nitrogens with zero attached hydrogens (tertiary/aromatic N) is 1. The van der Waals surface area contributed by atoms with Gasteiger partial charge in [0.1, 0.15) is 0 Å². The van der Waals surface area contributed by atoms with Crippen molar-refractivity contribution in [1.29, 1.82) is 0 Å². The number of rotatable bonds is 6. The van der Waals surface area contributed by atoms with Crippen molar-refractivity contribution in [2.24, 2.45) is 11.3 Å². The van der Waals surface area contributed by atoms with E-state index in [0.29, 0.717) is 45.1 Å². The Labute approximate surface area is 120 Å². The van der Waals surface area contributed by atoms with Gasteiger partial charge < -0.3 is 20.1 Å². The minimum atomic E-state index is -0.884. The average Bonchev–Trinajstić information content (AvgIpc) is 2.42. The lowest BCUT2D eigenvalue weighted by Gasteiger charge is -2.34. The Morgan fingerprint density at radius 2 is 1.95 bits per heavy atom. The Kier molecular flexibility index (Phi) is 6.26. The first-order valence-electron chi connectivity index (χ1n) is 7.25. The molecular formula is C14H26N2O4. The highest BCUT2D eigenvalue weighted by atomic mass is 16.5. The summed E-state index contributed by atoms with van der Waals surface area (Å²) in [6.07, 6.45) is 0.887. The second kappa shape index (κ2) is 7.47. The topological polar surface area (TPSA) is 78.9 Å². The van der Waals surface area contributed by atoms with Crippen LogP contribution >= 0.6 is 0 Å². The van der Waals surface area contributed by atoms with Crippen molar-refractivity contribution in [1.82, 2.24) is 10.2 Å². The molecule has 1 saturated heterocycles. The first-order valence-corrected chi connectivity index (χ1v) is 7.25. The number of ether oxygens (including phenoxy) is 1. The van der Waals surface area contributed by atoms with Crippen LogP contribution in [-0.4, -0.2) is 54.9 Å². The fourth-order valence-corrected chi connectivity index (χ4v) is 2.38. The normalized spacial score (nSPS) is 17.8. The van der Waals surface area contributed by atoms with E-state index in [1.807, 2.05) is 20.8 Å². The molecule has 6 heteroatoms. The van der Waals surface area contributed by atoms with Gasteiger partial charge in [0.2, 0.25) is 0 Å². The summed E-state index contributed by atoms with van der Waals surface area (Å²) in [5.74, 6) is -0.467. The van der Waals surface area contributed by atoms with Crippen molar-refractivity contribution in [2.75, 3.05) is 32.8 Å². The van der Waals surface area contributed by atoms with Crippen LogP contribution in [0.25, 0.3) is 0 Å². The molecule has 6 nitrogen and oxygen atoms in total. The molecule has 1 fully saturated rings. The molecule has 0 aromatic rings. The third kappa shape index (κ3) is 4.37. The minimum Gasteiger partial charge on any atom is -0.481 e. The number of carboxylic acids is 1. The van der Waals surface area contributed by atoms with Gasteiger partial charge in [-0.3, -0.25) is 4.79 Å². The third-order valence-corrected chi connectivity index (χ3v) is 3.74. The summed E-state index contributed by atoms with van der Waals surface area (Å²) in [6, 6.07) is -0.187. The van der Waals surface area contributed by atoms with E-state index in [1.165, 1.54) is 0 Å². The first-order chi connectivity index (χ1) is 9.41. The number of carboxylic acid groups (broad SMARTS) is 1. The molecule has 0 radical (unpaired) electrons. The van der Waals surface area contributed by atoms with Gasteiger partial charge in [-0.1, -0.05) is 13.8 Å². The van der Waals surface area contributed by atoms with Gasteiger partial charge in [0.15, 0.2) is 0 Å². The van der Waals surface area contributed by atoms with Crippen LogP contribution in [0.5, 0.6) is 0 Å². The van der Waals surface area contributed by atoms with Gasteiger partial charge in [-0.05, 0) is 25.7 Å². The van der Waals surface area contributed by atoms with Crippen LogP contribution in [0, 0.1) is 11.3 Å². The summed E-state index contributed by atoms with van der Waals surface area (Å²) in [6.45, 7) is 8.35. The highest BCUT2D eigenvalue weighted by molar-refractivity contribution is 5.78. The van der Waals surface area contributed by atoms with E-state index < -0.39 is 11.4 Å². The van der Waals surface area contributed by atoms with E-state index in [1.54, 1.807) is 4.90 Å². The molecule has 2 amide bonds. The van der Waals surface area contributed by atoms with Crippen LogP contribution < -0.4 is 5.32 Å². The van der Waals surface area contributed by atoms with Crippen molar-refractivity contribution in [2.45, 2.75) is 33.6 Å². The van der Waals surface area contributed by atoms with Gasteiger partial charge >= 0.3 is 12.0 Å². The van der Waals surface area contributed by atoms with Gasteiger partial charge in [0.05, 0.1) is 5.41 Å². The quantitative estimate of drug-likeness (QED) is 0.776. The largest absolute Gasteiger partial charge is 0.481 e. The molecule has 0 bridgehead atoms. The fourth-order valence-electron chi connectivity index (χ4n) is 2.38. The lowest BCUT2D eigenvalue weighted by molar-refractivity contribution is -0.154. The summed E-state index contributed by atoms with van der Waals surface area (Å²) >= 11 is 0. The maximum absolute atomic E-state index is 12.1. The monoisotopic (exact) mass is 286 g/mol. The van der Waals surface area contributed by atoms with Gasteiger partial charge in [-0.25, -0.2) is 4.79 Å². The van der Waals surface area contributed by atoms with E-state index in [4.69, 9.17) is 4.74 Å². The van der Waals surface area contributed by atoms with Crippen LogP contribution in [0.3, 0.4) is 0 Å². The molecule has 1 aliphatic heterocycles. The molecule has 116 valence electrons. The number of urea groups is 1. The van der Waals surface area contributed by atoms with E-state index in [2.05, 4.69) is 5.32 Å². The zero-order valence-electron chi connectivity index (χ0n) is 12.6. The van der Waals surface area contributed by atoms with Crippen LogP contribution in [0.1, 0.15) is 33.6 Å². The maximum atomic E-state index is 12.1. The SMILES string of the molecule is CCN(CC(C)C)C(=O)NCC1(C(=O)O)CCOCC1. The number of hydrogen-bond acceptors (Lipinski definition) is 3. The molecule has 0 aromatic carbocycles. The Balaban J connectivity index is 2.58. The minimum absolute atomic E-state index is 0.166. The summed E-state index contributed by atoms with van der Waals surface area (Å²) < 4.78 is 5.22.